The Hall–Kier alpha value is -3.15. The summed E-state index contributed by atoms with van der Waals surface area (Å²) in [6.45, 7) is 6.44. The van der Waals surface area contributed by atoms with Crippen LogP contribution in [0, 0.1) is 0 Å². The van der Waals surface area contributed by atoms with E-state index in [1.807, 2.05) is 0 Å². The van der Waals surface area contributed by atoms with Gasteiger partial charge in [-0.1, -0.05) is 196 Å². The van der Waals surface area contributed by atoms with E-state index in [-0.39, 0.29) is 37.5 Å². The van der Waals surface area contributed by atoms with Gasteiger partial charge in [-0.2, -0.15) is 0 Å². The van der Waals surface area contributed by atoms with Gasteiger partial charge in [0, 0.05) is 19.3 Å². The molecule has 0 aromatic heterocycles. The first-order chi connectivity index (χ1) is 29.5. The highest BCUT2D eigenvalue weighted by Crippen LogP contribution is 2.14. The molecule has 0 N–H and O–H groups in total. The van der Waals surface area contributed by atoms with Crippen LogP contribution in [0.2, 0.25) is 0 Å². The summed E-state index contributed by atoms with van der Waals surface area (Å²) in [4.78, 5) is 37.9. The summed E-state index contributed by atoms with van der Waals surface area (Å²) in [5, 5.41) is 0. The molecule has 6 heteroatoms. The Bertz CT molecular complexity index is 1140. The van der Waals surface area contributed by atoms with Gasteiger partial charge >= 0.3 is 17.9 Å². The van der Waals surface area contributed by atoms with Crippen molar-refractivity contribution < 1.29 is 28.6 Å². The van der Waals surface area contributed by atoms with Crippen LogP contribution >= 0.6 is 0 Å². The summed E-state index contributed by atoms with van der Waals surface area (Å²) in [6, 6.07) is 0. The monoisotopic (exact) mass is 837 g/mol. The van der Waals surface area contributed by atoms with E-state index in [4.69, 9.17) is 14.2 Å². The van der Waals surface area contributed by atoms with Gasteiger partial charge in [0.15, 0.2) is 6.10 Å². The van der Waals surface area contributed by atoms with Crippen LogP contribution in [-0.4, -0.2) is 37.2 Å². The molecule has 0 aromatic carbocycles. The molecule has 0 unspecified atom stereocenters. The molecule has 0 rings (SSSR count). The van der Waals surface area contributed by atoms with Crippen LogP contribution in [-0.2, 0) is 28.6 Å². The van der Waals surface area contributed by atoms with E-state index in [1.54, 1.807) is 0 Å². The molecule has 0 aliphatic carbocycles. The SMILES string of the molecule is CC/C=C\C/C=C\C/C=C\C/C=C\CCCCC(=O)O[C@H](COC(=O)CCCCCCC/C=C\C/C=C\CCCCC)COC(=O)CCCCCCCCCCCCCC. The summed E-state index contributed by atoms with van der Waals surface area (Å²) < 4.78 is 16.7. The van der Waals surface area contributed by atoms with E-state index in [1.165, 1.54) is 83.5 Å². The number of carbonyl (C=O) groups excluding carboxylic acids is 3. The standard InChI is InChI=1S/C54H92O6/c1-4-7-10-13-16-19-22-25-27-29-32-35-38-41-44-47-53(56)59-50-51(49-58-52(55)46-43-40-37-34-31-24-21-18-15-12-9-6-3)60-54(57)48-45-42-39-36-33-30-28-26-23-20-17-14-11-8-5-2/h8,11,16-17,19-20,25-28,33,36,51H,4-7,9-10,12-15,18,21-24,29-32,34-35,37-50H2,1-3H3/b11-8-,19-16-,20-17-,27-25-,28-26-,36-33-/t51-/m0/s1. The number of esters is 3. The minimum Gasteiger partial charge on any atom is -0.462 e. The fourth-order valence-corrected chi connectivity index (χ4v) is 6.70. The minimum absolute atomic E-state index is 0.0955. The van der Waals surface area contributed by atoms with Gasteiger partial charge in [0.05, 0.1) is 0 Å². The van der Waals surface area contributed by atoms with Crippen molar-refractivity contribution >= 4 is 17.9 Å². The van der Waals surface area contributed by atoms with Gasteiger partial charge in [0.1, 0.15) is 13.2 Å². The van der Waals surface area contributed by atoms with Crippen LogP contribution in [0.25, 0.3) is 0 Å². The third-order valence-electron chi connectivity index (χ3n) is 10.4. The largest absolute Gasteiger partial charge is 0.462 e. The first-order valence-corrected chi connectivity index (χ1v) is 24.9. The van der Waals surface area contributed by atoms with E-state index < -0.39 is 6.10 Å². The summed E-state index contributed by atoms with van der Waals surface area (Å²) in [5.41, 5.74) is 0. The maximum Gasteiger partial charge on any atom is 0.306 e. The summed E-state index contributed by atoms with van der Waals surface area (Å²) in [6.07, 6.45) is 60.2. The average molecular weight is 837 g/mol. The van der Waals surface area contributed by atoms with Crippen LogP contribution in [0.5, 0.6) is 0 Å². The molecule has 0 aliphatic heterocycles. The van der Waals surface area contributed by atoms with Crippen LogP contribution in [0.15, 0.2) is 72.9 Å². The molecule has 0 aromatic rings. The fraction of sp³-hybridized carbons (Fsp3) is 0.722. The lowest BCUT2D eigenvalue weighted by Crippen LogP contribution is -2.30. The predicted molar refractivity (Wildman–Crippen MR) is 256 cm³/mol. The molecule has 0 radical (unpaired) electrons. The normalized spacial score (nSPS) is 12.7. The van der Waals surface area contributed by atoms with Gasteiger partial charge in [-0.15, -0.1) is 0 Å². The van der Waals surface area contributed by atoms with Crippen molar-refractivity contribution in [3.05, 3.63) is 72.9 Å². The quantitative estimate of drug-likeness (QED) is 0.0263. The lowest BCUT2D eigenvalue weighted by Gasteiger charge is -2.18. The Morgan fingerprint density at radius 2 is 0.650 bits per heavy atom. The fourth-order valence-electron chi connectivity index (χ4n) is 6.70. The Morgan fingerprint density at radius 3 is 1.08 bits per heavy atom. The highest BCUT2D eigenvalue weighted by atomic mass is 16.6. The van der Waals surface area contributed by atoms with Gasteiger partial charge in [0.25, 0.3) is 0 Å². The van der Waals surface area contributed by atoms with E-state index in [2.05, 4.69) is 93.7 Å². The zero-order valence-electron chi connectivity index (χ0n) is 39.2. The number of allylic oxidation sites excluding steroid dienone is 12. The summed E-state index contributed by atoms with van der Waals surface area (Å²) in [7, 11) is 0. The van der Waals surface area contributed by atoms with E-state index in [9.17, 15) is 14.4 Å². The number of carbonyl (C=O) groups is 3. The van der Waals surface area contributed by atoms with E-state index in [0.29, 0.717) is 19.3 Å². The maximum absolute atomic E-state index is 12.8. The molecular formula is C54H92O6. The molecule has 0 aliphatic rings. The lowest BCUT2D eigenvalue weighted by molar-refractivity contribution is -0.167. The first-order valence-electron chi connectivity index (χ1n) is 24.9. The number of rotatable bonds is 44. The van der Waals surface area contributed by atoms with Crippen LogP contribution in [0.4, 0.5) is 0 Å². The number of hydrogen-bond donors (Lipinski definition) is 0. The van der Waals surface area contributed by atoms with Crippen LogP contribution < -0.4 is 0 Å². The molecule has 0 spiro atoms. The first kappa shape index (κ1) is 56.9. The van der Waals surface area contributed by atoms with Crippen molar-refractivity contribution in [2.24, 2.45) is 0 Å². The molecule has 0 saturated heterocycles. The zero-order chi connectivity index (χ0) is 43.7. The smallest absolute Gasteiger partial charge is 0.306 e. The molecule has 344 valence electrons. The Balaban J connectivity index is 4.47. The number of hydrogen-bond acceptors (Lipinski definition) is 6. The predicted octanol–water partition coefficient (Wildman–Crippen LogP) is 16.3. The third kappa shape index (κ3) is 45.9. The van der Waals surface area contributed by atoms with Gasteiger partial charge < -0.3 is 14.2 Å². The Labute approximate surface area is 370 Å². The van der Waals surface area contributed by atoms with Gasteiger partial charge in [-0.25, -0.2) is 0 Å². The van der Waals surface area contributed by atoms with E-state index >= 15 is 0 Å². The van der Waals surface area contributed by atoms with Crippen molar-refractivity contribution in [2.75, 3.05) is 13.2 Å². The Kier molecular flexibility index (Phi) is 46.0. The second kappa shape index (κ2) is 48.5. The maximum atomic E-state index is 12.8. The average Bonchev–Trinajstić information content (AvgIpc) is 3.24. The van der Waals surface area contributed by atoms with Crippen LogP contribution in [0.1, 0.15) is 233 Å². The van der Waals surface area contributed by atoms with Crippen molar-refractivity contribution in [2.45, 2.75) is 239 Å². The van der Waals surface area contributed by atoms with Gasteiger partial charge in [0.2, 0.25) is 0 Å². The van der Waals surface area contributed by atoms with Crippen LogP contribution in [0.3, 0.4) is 0 Å². The van der Waals surface area contributed by atoms with Gasteiger partial charge in [-0.3, -0.25) is 14.4 Å². The third-order valence-corrected chi connectivity index (χ3v) is 10.4. The van der Waals surface area contributed by atoms with E-state index in [0.717, 1.165) is 103 Å². The molecule has 6 nitrogen and oxygen atoms in total. The van der Waals surface area contributed by atoms with Crippen molar-refractivity contribution in [3.8, 4) is 0 Å². The topological polar surface area (TPSA) is 78.9 Å². The Morgan fingerprint density at radius 1 is 0.350 bits per heavy atom. The highest BCUT2D eigenvalue weighted by molar-refractivity contribution is 5.71. The van der Waals surface area contributed by atoms with Crippen molar-refractivity contribution in [1.29, 1.82) is 0 Å². The molecule has 0 bridgehead atoms. The second-order valence-corrected chi connectivity index (χ2v) is 16.3. The highest BCUT2D eigenvalue weighted by Gasteiger charge is 2.19. The summed E-state index contributed by atoms with van der Waals surface area (Å²) in [5.74, 6) is -0.952. The number of ether oxygens (including phenoxy) is 3. The molecule has 1 atom stereocenters. The molecular weight excluding hydrogens is 745 g/mol. The number of unbranched alkanes of at least 4 members (excludes halogenated alkanes) is 21. The molecule has 0 fully saturated rings. The lowest BCUT2D eigenvalue weighted by atomic mass is 10.0. The van der Waals surface area contributed by atoms with Gasteiger partial charge in [-0.05, 0) is 89.9 Å². The van der Waals surface area contributed by atoms with Crippen molar-refractivity contribution in [3.63, 3.8) is 0 Å². The second-order valence-electron chi connectivity index (χ2n) is 16.3. The minimum atomic E-state index is -0.800. The molecule has 60 heavy (non-hydrogen) atoms. The van der Waals surface area contributed by atoms with Crippen molar-refractivity contribution in [1.82, 2.24) is 0 Å². The zero-order valence-corrected chi connectivity index (χ0v) is 39.2. The molecule has 0 heterocycles. The molecule has 0 amide bonds. The molecule has 0 saturated carbocycles. The summed E-state index contributed by atoms with van der Waals surface area (Å²) >= 11 is 0.